The van der Waals surface area contributed by atoms with Gasteiger partial charge in [0, 0.05) is 0 Å². The first-order chi connectivity index (χ1) is 9.31. The summed E-state index contributed by atoms with van der Waals surface area (Å²) in [5, 5.41) is 3.63. The van der Waals surface area contributed by atoms with Crippen LogP contribution in [0.5, 0.6) is 5.75 Å². The van der Waals surface area contributed by atoms with Crippen molar-refractivity contribution in [1.82, 2.24) is 5.16 Å². The number of nitrogens with zero attached hydrogens (tertiary/aromatic N) is 1. The second-order valence-electron chi connectivity index (χ2n) is 4.91. The lowest BCUT2D eigenvalue weighted by Gasteiger charge is -2.08. The first kappa shape index (κ1) is 14.6. The SMILES string of the molecule is Cc1noc(C)c1S(=O)(=O)Oc1ccc(C(C)C)cc1. The van der Waals surface area contributed by atoms with Crippen LogP contribution in [0.1, 0.15) is 36.8 Å². The maximum Gasteiger partial charge on any atom is 0.344 e. The summed E-state index contributed by atoms with van der Waals surface area (Å²) in [6.07, 6.45) is 0. The molecule has 108 valence electrons. The van der Waals surface area contributed by atoms with Crippen LogP contribution in [-0.4, -0.2) is 13.6 Å². The van der Waals surface area contributed by atoms with Crippen LogP contribution in [0, 0.1) is 13.8 Å². The highest BCUT2D eigenvalue weighted by Crippen LogP contribution is 2.25. The van der Waals surface area contributed by atoms with Crippen molar-refractivity contribution < 1.29 is 17.1 Å². The van der Waals surface area contributed by atoms with Gasteiger partial charge in [-0.1, -0.05) is 31.1 Å². The fourth-order valence-corrected chi connectivity index (χ4v) is 3.14. The van der Waals surface area contributed by atoms with Gasteiger partial charge in [-0.15, -0.1) is 0 Å². The summed E-state index contributed by atoms with van der Waals surface area (Å²) in [5.74, 6) is 0.874. The Morgan fingerprint density at radius 1 is 1.15 bits per heavy atom. The number of benzene rings is 1. The molecule has 0 amide bonds. The molecule has 1 aromatic heterocycles. The predicted octanol–water partition coefficient (Wildman–Crippen LogP) is 3.18. The molecule has 1 heterocycles. The Balaban J connectivity index is 2.29. The van der Waals surface area contributed by atoms with Crippen molar-refractivity contribution in [3.05, 3.63) is 41.3 Å². The second kappa shape index (κ2) is 5.28. The monoisotopic (exact) mass is 295 g/mol. The van der Waals surface area contributed by atoms with Crippen molar-refractivity contribution in [3.8, 4) is 5.75 Å². The standard InChI is InChI=1S/C14H17NO4S/c1-9(2)12-5-7-13(8-6-12)19-20(16,17)14-10(3)15-18-11(14)4/h5-9H,1-4H3. The number of rotatable bonds is 4. The molecule has 0 unspecified atom stereocenters. The van der Waals surface area contributed by atoms with Gasteiger partial charge in [0.1, 0.15) is 11.4 Å². The lowest BCUT2D eigenvalue weighted by Crippen LogP contribution is -2.11. The van der Waals surface area contributed by atoms with Crippen molar-refractivity contribution in [2.45, 2.75) is 38.5 Å². The Kier molecular flexibility index (Phi) is 3.85. The molecule has 0 atom stereocenters. The molecule has 0 saturated heterocycles. The molecule has 2 aromatic rings. The van der Waals surface area contributed by atoms with Gasteiger partial charge in [-0.2, -0.15) is 8.42 Å². The van der Waals surface area contributed by atoms with E-state index in [-0.39, 0.29) is 16.4 Å². The minimum atomic E-state index is -3.92. The van der Waals surface area contributed by atoms with E-state index in [1.807, 2.05) is 12.1 Å². The molecule has 0 aliphatic carbocycles. The maximum absolute atomic E-state index is 12.2. The molecule has 0 bridgehead atoms. The maximum atomic E-state index is 12.2. The third-order valence-corrected chi connectivity index (χ3v) is 4.47. The molecular formula is C14H17NO4S. The highest BCUT2D eigenvalue weighted by molar-refractivity contribution is 7.87. The van der Waals surface area contributed by atoms with Gasteiger partial charge >= 0.3 is 10.1 Å². The molecule has 0 radical (unpaired) electrons. The van der Waals surface area contributed by atoms with E-state index in [4.69, 9.17) is 8.71 Å². The van der Waals surface area contributed by atoms with Crippen LogP contribution in [0.3, 0.4) is 0 Å². The molecular weight excluding hydrogens is 278 g/mol. The fourth-order valence-electron chi connectivity index (χ4n) is 1.91. The van der Waals surface area contributed by atoms with Crippen LogP contribution in [0.15, 0.2) is 33.7 Å². The topological polar surface area (TPSA) is 69.4 Å². The Morgan fingerprint density at radius 3 is 2.20 bits per heavy atom. The lowest BCUT2D eigenvalue weighted by atomic mass is 10.0. The molecule has 0 N–H and O–H groups in total. The van der Waals surface area contributed by atoms with Gasteiger partial charge in [0.05, 0.1) is 0 Å². The number of aromatic nitrogens is 1. The third-order valence-electron chi connectivity index (χ3n) is 2.97. The number of aryl methyl sites for hydroxylation is 2. The van der Waals surface area contributed by atoms with E-state index in [9.17, 15) is 8.42 Å². The van der Waals surface area contributed by atoms with E-state index < -0.39 is 10.1 Å². The Labute approximate surface area is 118 Å². The summed E-state index contributed by atoms with van der Waals surface area (Å²) in [4.78, 5) is -0.00886. The fraction of sp³-hybridized carbons (Fsp3) is 0.357. The highest BCUT2D eigenvalue weighted by atomic mass is 32.2. The summed E-state index contributed by atoms with van der Waals surface area (Å²) in [5.41, 5.74) is 1.41. The minimum absolute atomic E-state index is 0.00886. The zero-order valence-electron chi connectivity index (χ0n) is 11.9. The van der Waals surface area contributed by atoms with Crippen LogP contribution >= 0.6 is 0 Å². The first-order valence-electron chi connectivity index (χ1n) is 6.28. The van der Waals surface area contributed by atoms with E-state index in [2.05, 4.69) is 19.0 Å². The summed E-state index contributed by atoms with van der Waals surface area (Å²) in [6, 6.07) is 6.99. The molecule has 0 aliphatic heterocycles. The summed E-state index contributed by atoms with van der Waals surface area (Å²) < 4.78 is 34.4. The first-order valence-corrected chi connectivity index (χ1v) is 7.69. The zero-order valence-corrected chi connectivity index (χ0v) is 12.7. The van der Waals surface area contributed by atoms with E-state index in [1.165, 1.54) is 6.92 Å². The van der Waals surface area contributed by atoms with Crippen LogP contribution in [0.4, 0.5) is 0 Å². The molecule has 2 rings (SSSR count). The molecule has 6 heteroatoms. The van der Waals surface area contributed by atoms with Crippen LogP contribution in [0.25, 0.3) is 0 Å². The largest absolute Gasteiger partial charge is 0.379 e. The Morgan fingerprint density at radius 2 is 1.75 bits per heavy atom. The number of hydrogen-bond acceptors (Lipinski definition) is 5. The van der Waals surface area contributed by atoms with E-state index in [0.717, 1.165) is 5.56 Å². The molecule has 5 nitrogen and oxygen atoms in total. The van der Waals surface area contributed by atoms with Gasteiger partial charge < -0.3 is 8.71 Å². The minimum Gasteiger partial charge on any atom is -0.379 e. The average molecular weight is 295 g/mol. The molecule has 0 saturated carbocycles. The van der Waals surface area contributed by atoms with Gasteiger partial charge in [0.25, 0.3) is 0 Å². The Hall–Kier alpha value is -1.82. The number of hydrogen-bond donors (Lipinski definition) is 0. The molecule has 20 heavy (non-hydrogen) atoms. The van der Waals surface area contributed by atoms with E-state index >= 15 is 0 Å². The molecule has 1 aromatic carbocycles. The van der Waals surface area contributed by atoms with Crippen molar-refractivity contribution >= 4 is 10.1 Å². The lowest BCUT2D eigenvalue weighted by molar-refractivity contribution is 0.390. The molecule has 0 spiro atoms. The Bertz CT molecular complexity index is 680. The summed E-state index contributed by atoms with van der Waals surface area (Å²) in [7, 11) is -3.92. The normalized spacial score (nSPS) is 11.8. The van der Waals surface area contributed by atoms with Crippen molar-refractivity contribution in [2.75, 3.05) is 0 Å². The van der Waals surface area contributed by atoms with Gasteiger partial charge in [-0.05, 0) is 37.5 Å². The summed E-state index contributed by atoms with van der Waals surface area (Å²) >= 11 is 0. The van der Waals surface area contributed by atoms with Crippen LogP contribution in [0.2, 0.25) is 0 Å². The van der Waals surface area contributed by atoms with Crippen molar-refractivity contribution in [1.29, 1.82) is 0 Å². The van der Waals surface area contributed by atoms with Crippen molar-refractivity contribution in [3.63, 3.8) is 0 Å². The predicted molar refractivity (Wildman–Crippen MR) is 74.3 cm³/mol. The van der Waals surface area contributed by atoms with Crippen LogP contribution < -0.4 is 4.18 Å². The third kappa shape index (κ3) is 2.85. The van der Waals surface area contributed by atoms with Gasteiger partial charge in [0.15, 0.2) is 10.7 Å². The second-order valence-corrected chi connectivity index (χ2v) is 6.40. The van der Waals surface area contributed by atoms with Gasteiger partial charge in [-0.3, -0.25) is 0 Å². The smallest absolute Gasteiger partial charge is 0.344 e. The zero-order chi connectivity index (χ0) is 14.9. The van der Waals surface area contributed by atoms with Gasteiger partial charge in [0.2, 0.25) is 0 Å². The highest BCUT2D eigenvalue weighted by Gasteiger charge is 2.26. The summed E-state index contributed by atoms with van der Waals surface area (Å²) in [6.45, 7) is 7.24. The van der Waals surface area contributed by atoms with E-state index in [1.54, 1.807) is 19.1 Å². The van der Waals surface area contributed by atoms with Crippen LogP contribution in [-0.2, 0) is 10.1 Å². The van der Waals surface area contributed by atoms with E-state index in [0.29, 0.717) is 11.6 Å². The average Bonchev–Trinajstić information content (AvgIpc) is 2.69. The van der Waals surface area contributed by atoms with Gasteiger partial charge in [-0.25, -0.2) is 0 Å². The molecule has 0 fully saturated rings. The van der Waals surface area contributed by atoms with Crippen molar-refractivity contribution in [2.24, 2.45) is 0 Å². The quantitative estimate of drug-likeness (QED) is 0.810. The molecule has 0 aliphatic rings.